The number of nitrogens with zero attached hydrogens (tertiary/aromatic N) is 1. The quantitative estimate of drug-likeness (QED) is 0.187. The molecule has 108 valence electrons. The summed E-state index contributed by atoms with van der Waals surface area (Å²) >= 11 is 3.22. The zero-order valence-electron chi connectivity index (χ0n) is 10.8. The van der Waals surface area contributed by atoms with Crippen LogP contribution >= 0.6 is 24.5 Å². The van der Waals surface area contributed by atoms with Crippen molar-refractivity contribution in [2.75, 3.05) is 31.8 Å². The third-order valence-corrected chi connectivity index (χ3v) is 3.05. The second-order valence-corrected chi connectivity index (χ2v) is 5.25. The van der Waals surface area contributed by atoms with E-state index in [2.05, 4.69) is 22.5 Å². The maximum absolute atomic E-state index is 11.1. The van der Waals surface area contributed by atoms with Gasteiger partial charge in [0, 0.05) is 10.9 Å². The molecule has 6 nitrogen and oxygen atoms in total. The second kappa shape index (κ2) is 12.5. The van der Waals surface area contributed by atoms with Crippen molar-refractivity contribution in [2.24, 2.45) is 0 Å². The fourth-order valence-electron chi connectivity index (χ4n) is 0.756. The van der Waals surface area contributed by atoms with Crippen LogP contribution in [0.1, 0.15) is 13.3 Å². The Morgan fingerprint density at radius 2 is 1.89 bits per heavy atom. The zero-order chi connectivity index (χ0) is 14.5. The van der Waals surface area contributed by atoms with Gasteiger partial charge < -0.3 is 18.3 Å². The van der Waals surface area contributed by atoms with Gasteiger partial charge in [-0.3, -0.25) is 0 Å². The fourth-order valence-corrected chi connectivity index (χ4v) is 2.10. The highest BCUT2D eigenvalue weighted by Crippen LogP contribution is 2.39. The molecule has 0 fully saturated rings. The SMILES string of the molecule is C=C(C)C(=O)OCCOP(OCCBr)OCCC#N. The van der Waals surface area contributed by atoms with Crippen LogP contribution in [0.15, 0.2) is 12.2 Å². The van der Waals surface area contributed by atoms with Gasteiger partial charge in [-0.25, -0.2) is 4.79 Å². The van der Waals surface area contributed by atoms with E-state index in [4.69, 9.17) is 23.6 Å². The predicted octanol–water partition coefficient (Wildman–Crippen LogP) is 2.69. The molecule has 0 saturated heterocycles. The predicted molar refractivity (Wildman–Crippen MR) is 74.6 cm³/mol. The van der Waals surface area contributed by atoms with Crippen molar-refractivity contribution >= 4 is 30.5 Å². The maximum atomic E-state index is 11.1. The third-order valence-electron chi connectivity index (χ3n) is 1.55. The Bertz CT molecular complexity index is 321. The Hall–Kier alpha value is -0.510. The molecule has 0 aliphatic carbocycles. The van der Waals surface area contributed by atoms with Crippen molar-refractivity contribution in [2.45, 2.75) is 13.3 Å². The molecular weight excluding hydrogens is 337 g/mol. The molecule has 0 amide bonds. The zero-order valence-corrected chi connectivity index (χ0v) is 13.2. The Balaban J connectivity index is 3.81. The van der Waals surface area contributed by atoms with Crippen LogP contribution < -0.4 is 0 Å². The number of alkyl halides is 1. The van der Waals surface area contributed by atoms with E-state index < -0.39 is 14.6 Å². The summed E-state index contributed by atoms with van der Waals surface area (Å²) in [6.07, 6.45) is 0.268. The summed E-state index contributed by atoms with van der Waals surface area (Å²) in [5.41, 5.74) is 0.336. The monoisotopic (exact) mass is 353 g/mol. The van der Waals surface area contributed by atoms with E-state index in [0.29, 0.717) is 17.5 Å². The Labute approximate surface area is 122 Å². The summed E-state index contributed by atoms with van der Waals surface area (Å²) in [6, 6.07) is 1.96. The minimum absolute atomic E-state index is 0.101. The number of hydrogen-bond acceptors (Lipinski definition) is 6. The van der Waals surface area contributed by atoms with Crippen molar-refractivity contribution < 1.29 is 23.1 Å². The normalized spacial score (nSPS) is 11.6. The van der Waals surface area contributed by atoms with Gasteiger partial charge >= 0.3 is 14.6 Å². The van der Waals surface area contributed by atoms with Crippen molar-refractivity contribution in [1.82, 2.24) is 0 Å². The molecule has 0 aromatic heterocycles. The van der Waals surface area contributed by atoms with Crippen LogP contribution in [0, 0.1) is 11.3 Å². The molecule has 0 N–H and O–H groups in total. The molecule has 0 spiro atoms. The first-order valence-electron chi connectivity index (χ1n) is 5.56. The van der Waals surface area contributed by atoms with Crippen molar-refractivity contribution in [3.8, 4) is 6.07 Å². The van der Waals surface area contributed by atoms with Gasteiger partial charge in [0.25, 0.3) is 0 Å². The van der Waals surface area contributed by atoms with E-state index in [1.807, 2.05) is 6.07 Å². The third kappa shape index (κ3) is 11.0. The average Bonchev–Trinajstić information content (AvgIpc) is 2.39. The number of esters is 1. The molecule has 0 aromatic rings. The van der Waals surface area contributed by atoms with E-state index >= 15 is 0 Å². The lowest BCUT2D eigenvalue weighted by Crippen LogP contribution is -2.10. The van der Waals surface area contributed by atoms with Gasteiger partial charge in [-0.05, 0) is 6.92 Å². The van der Waals surface area contributed by atoms with Gasteiger partial charge in [0.05, 0.1) is 32.3 Å². The lowest BCUT2D eigenvalue weighted by Gasteiger charge is -2.15. The highest BCUT2D eigenvalue weighted by atomic mass is 79.9. The number of hydrogen-bond donors (Lipinski definition) is 0. The minimum atomic E-state index is -1.52. The Morgan fingerprint density at radius 3 is 2.47 bits per heavy atom. The highest BCUT2D eigenvalue weighted by Gasteiger charge is 2.12. The van der Waals surface area contributed by atoms with Gasteiger partial charge in [-0.2, -0.15) is 5.26 Å². The smallest absolute Gasteiger partial charge is 0.333 e. The first kappa shape index (κ1) is 18.5. The largest absolute Gasteiger partial charge is 0.460 e. The van der Waals surface area contributed by atoms with Crippen LogP contribution in [-0.4, -0.2) is 37.7 Å². The number of nitriles is 1. The fraction of sp³-hybridized carbons (Fsp3) is 0.636. The molecule has 1 atom stereocenters. The summed E-state index contributed by atoms with van der Waals surface area (Å²) in [5, 5.41) is 9.06. The number of ether oxygens (including phenoxy) is 1. The summed E-state index contributed by atoms with van der Waals surface area (Å²) in [4.78, 5) is 11.1. The van der Waals surface area contributed by atoms with Crippen LogP contribution in [-0.2, 0) is 23.1 Å². The molecule has 1 unspecified atom stereocenters. The summed E-state index contributed by atoms with van der Waals surface area (Å²) < 4.78 is 20.7. The van der Waals surface area contributed by atoms with E-state index in [9.17, 15) is 4.79 Å². The first-order valence-corrected chi connectivity index (χ1v) is 7.78. The van der Waals surface area contributed by atoms with Gasteiger partial charge in [0.15, 0.2) is 0 Å². The lowest BCUT2D eigenvalue weighted by atomic mass is 10.4. The molecule has 0 aliphatic rings. The highest BCUT2D eigenvalue weighted by molar-refractivity contribution is 9.09. The van der Waals surface area contributed by atoms with E-state index in [1.165, 1.54) is 0 Å². The van der Waals surface area contributed by atoms with E-state index in [1.54, 1.807) is 6.92 Å². The molecular formula is C11H17BrNO5P. The maximum Gasteiger partial charge on any atom is 0.333 e. The van der Waals surface area contributed by atoms with Gasteiger partial charge in [0.1, 0.15) is 6.61 Å². The summed E-state index contributed by atoms with van der Waals surface area (Å²) in [5.74, 6) is -0.459. The number of rotatable bonds is 11. The van der Waals surface area contributed by atoms with Crippen LogP contribution in [0.5, 0.6) is 0 Å². The van der Waals surface area contributed by atoms with Crippen LogP contribution in [0.3, 0.4) is 0 Å². The Kier molecular flexibility index (Phi) is 12.2. The summed E-state index contributed by atoms with van der Waals surface area (Å²) in [6.45, 7) is 5.98. The van der Waals surface area contributed by atoms with E-state index in [-0.39, 0.29) is 26.2 Å². The van der Waals surface area contributed by atoms with Crippen molar-refractivity contribution in [1.29, 1.82) is 5.26 Å². The number of halogens is 1. The first-order chi connectivity index (χ1) is 9.11. The topological polar surface area (TPSA) is 77.8 Å². The molecule has 0 bridgehead atoms. The van der Waals surface area contributed by atoms with E-state index in [0.717, 1.165) is 0 Å². The van der Waals surface area contributed by atoms with Gasteiger partial charge in [-0.15, -0.1) is 0 Å². The standard InChI is InChI=1S/C11H17BrNO5P/c1-10(2)11(14)15-8-9-18-19(17-7-4-12)16-6-3-5-13/h1,3-4,6-9H2,2H3. The van der Waals surface area contributed by atoms with Crippen LogP contribution in [0.4, 0.5) is 0 Å². The molecule has 0 saturated carbocycles. The minimum Gasteiger partial charge on any atom is -0.460 e. The van der Waals surface area contributed by atoms with Crippen LogP contribution in [0.2, 0.25) is 0 Å². The molecule has 8 heteroatoms. The van der Waals surface area contributed by atoms with Gasteiger partial charge in [-0.1, -0.05) is 22.5 Å². The molecule has 0 radical (unpaired) electrons. The van der Waals surface area contributed by atoms with Gasteiger partial charge in [0.2, 0.25) is 0 Å². The Morgan fingerprint density at radius 1 is 1.26 bits per heavy atom. The molecule has 0 rings (SSSR count). The molecule has 0 aromatic carbocycles. The molecule has 0 heterocycles. The second-order valence-electron chi connectivity index (χ2n) is 3.24. The summed E-state index contributed by atoms with van der Waals surface area (Å²) in [7, 11) is -1.52. The molecule has 0 aliphatic heterocycles. The number of carbonyl (C=O) groups is 1. The van der Waals surface area contributed by atoms with Crippen molar-refractivity contribution in [3.63, 3.8) is 0 Å². The van der Waals surface area contributed by atoms with Crippen LogP contribution in [0.25, 0.3) is 0 Å². The number of carbonyl (C=O) groups excluding carboxylic acids is 1. The average molecular weight is 354 g/mol. The molecule has 19 heavy (non-hydrogen) atoms. The van der Waals surface area contributed by atoms with Crippen molar-refractivity contribution in [3.05, 3.63) is 12.2 Å². The lowest BCUT2D eigenvalue weighted by molar-refractivity contribution is -0.139.